The van der Waals surface area contributed by atoms with Gasteiger partial charge < -0.3 is 14.4 Å². The second-order valence-electron chi connectivity index (χ2n) is 9.27. The van der Waals surface area contributed by atoms with E-state index in [1.807, 2.05) is 60.8 Å². The number of rotatable bonds is 7. The molecular formula is C29H33N3O4S. The zero-order valence-electron chi connectivity index (χ0n) is 21.4. The number of carbonyl (C=O) groups excluding carboxylic acids is 2. The number of hydrogen-bond acceptors (Lipinski definition) is 6. The molecule has 2 amide bonds. The van der Waals surface area contributed by atoms with E-state index in [0.717, 1.165) is 42.3 Å². The minimum absolute atomic E-state index is 0.000933. The number of anilines is 1. The molecule has 0 spiro atoms. The lowest BCUT2D eigenvalue weighted by Crippen LogP contribution is -2.45. The molecule has 1 saturated heterocycles. The van der Waals surface area contributed by atoms with Gasteiger partial charge in [-0.1, -0.05) is 12.2 Å². The lowest BCUT2D eigenvalue weighted by Gasteiger charge is -2.37. The maximum absolute atomic E-state index is 13.6. The molecule has 0 aromatic heterocycles. The molecule has 0 N–H and O–H groups in total. The topological polar surface area (TPSA) is 71.4 Å². The van der Waals surface area contributed by atoms with Gasteiger partial charge in [0.15, 0.2) is 11.5 Å². The van der Waals surface area contributed by atoms with Gasteiger partial charge in [0.25, 0.3) is 11.8 Å². The van der Waals surface area contributed by atoms with Crippen molar-refractivity contribution in [1.29, 1.82) is 0 Å². The van der Waals surface area contributed by atoms with Gasteiger partial charge in [0.2, 0.25) is 0 Å². The van der Waals surface area contributed by atoms with Gasteiger partial charge in [0.05, 0.1) is 30.5 Å². The average molecular weight is 520 g/mol. The smallest absolute Gasteiger partial charge is 0.253 e. The van der Waals surface area contributed by atoms with Crippen molar-refractivity contribution < 1.29 is 19.1 Å². The van der Waals surface area contributed by atoms with Crippen LogP contribution in [0.25, 0.3) is 0 Å². The first kappa shape index (κ1) is 25.4. The molecular weight excluding hydrogens is 486 g/mol. The zero-order valence-corrected chi connectivity index (χ0v) is 22.2. The molecule has 0 bridgehead atoms. The Morgan fingerprint density at radius 3 is 2.32 bits per heavy atom. The van der Waals surface area contributed by atoms with E-state index in [-0.39, 0.29) is 23.7 Å². The van der Waals surface area contributed by atoms with E-state index in [4.69, 9.17) is 14.6 Å². The van der Waals surface area contributed by atoms with Crippen LogP contribution in [0.5, 0.6) is 11.5 Å². The molecule has 2 unspecified atom stereocenters. The highest BCUT2D eigenvalue weighted by Crippen LogP contribution is 2.38. The normalized spacial score (nSPS) is 21.4. The van der Waals surface area contributed by atoms with Crippen molar-refractivity contribution in [2.45, 2.75) is 26.7 Å². The lowest BCUT2D eigenvalue weighted by atomic mass is 9.76. The molecule has 0 saturated carbocycles. The predicted molar refractivity (Wildman–Crippen MR) is 148 cm³/mol. The van der Waals surface area contributed by atoms with E-state index >= 15 is 0 Å². The number of nitrogens with zero attached hydrogens (tertiary/aromatic N) is 3. The van der Waals surface area contributed by atoms with Crippen molar-refractivity contribution in [3.05, 3.63) is 65.7 Å². The standard InChI is InChI=1S/C29H33N3O4S/c1-3-35-25-14-11-21(19-26(25)36-4-2)27-23-7-5-6-8-24(23)29(34)32(30-27)22-12-9-20(10-13-22)28(33)31-15-17-37-18-16-31/h5-6,9-14,19,23-24H,3-4,7-8,15-18H2,1-2H3. The van der Waals surface area contributed by atoms with E-state index < -0.39 is 0 Å². The Labute approximate surface area is 222 Å². The highest BCUT2D eigenvalue weighted by atomic mass is 32.2. The van der Waals surface area contributed by atoms with E-state index in [1.54, 1.807) is 12.1 Å². The summed E-state index contributed by atoms with van der Waals surface area (Å²) in [7, 11) is 0. The molecule has 5 rings (SSSR count). The Morgan fingerprint density at radius 1 is 0.946 bits per heavy atom. The molecule has 1 fully saturated rings. The SMILES string of the molecule is CCOc1ccc(C2=NN(c3ccc(C(=O)N4CCSCC4)cc3)C(=O)C3CC=CCC23)cc1OCC. The lowest BCUT2D eigenvalue weighted by molar-refractivity contribution is -0.123. The van der Waals surface area contributed by atoms with Gasteiger partial charge in [-0.3, -0.25) is 9.59 Å². The van der Waals surface area contributed by atoms with E-state index in [0.29, 0.717) is 42.4 Å². The maximum Gasteiger partial charge on any atom is 0.253 e. The third-order valence-electron chi connectivity index (χ3n) is 7.01. The number of benzene rings is 2. The van der Waals surface area contributed by atoms with Gasteiger partial charge in [-0.25, -0.2) is 5.01 Å². The van der Waals surface area contributed by atoms with E-state index in [1.165, 1.54) is 5.01 Å². The first-order valence-corrected chi connectivity index (χ1v) is 14.2. The summed E-state index contributed by atoms with van der Waals surface area (Å²) in [6, 6.07) is 13.1. The van der Waals surface area contributed by atoms with Crippen LogP contribution >= 0.6 is 11.8 Å². The van der Waals surface area contributed by atoms with Gasteiger partial charge in [0.1, 0.15) is 0 Å². The van der Waals surface area contributed by atoms with E-state index in [9.17, 15) is 9.59 Å². The summed E-state index contributed by atoms with van der Waals surface area (Å²) in [5.74, 6) is 3.15. The molecule has 2 aromatic rings. The number of hydrazone groups is 1. The second-order valence-corrected chi connectivity index (χ2v) is 10.5. The van der Waals surface area contributed by atoms with Crippen LogP contribution in [0.4, 0.5) is 5.69 Å². The summed E-state index contributed by atoms with van der Waals surface area (Å²) in [5, 5.41) is 6.41. The molecule has 2 atom stereocenters. The maximum atomic E-state index is 13.6. The van der Waals surface area contributed by atoms with Crippen LogP contribution in [0.1, 0.15) is 42.6 Å². The molecule has 8 heteroatoms. The van der Waals surface area contributed by atoms with Crippen LogP contribution < -0.4 is 14.5 Å². The Bertz CT molecular complexity index is 1200. The summed E-state index contributed by atoms with van der Waals surface area (Å²) in [5.41, 5.74) is 3.08. The Kier molecular flexibility index (Phi) is 7.84. The van der Waals surface area contributed by atoms with Crippen LogP contribution in [-0.4, -0.2) is 60.2 Å². The highest BCUT2D eigenvalue weighted by molar-refractivity contribution is 7.99. The van der Waals surface area contributed by atoms with Crippen LogP contribution in [0.3, 0.4) is 0 Å². The first-order chi connectivity index (χ1) is 18.1. The minimum Gasteiger partial charge on any atom is -0.490 e. The third-order valence-corrected chi connectivity index (χ3v) is 7.96. The van der Waals surface area contributed by atoms with Gasteiger partial charge in [0, 0.05) is 41.6 Å². The minimum atomic E-state index is -0.188. The first-order valence-electron chi connectivity index (χ1n) is 13.0. The van der Waals surface area contributed by atoms with Crippen LogP contribution in [0, 0.1) is 11.8 Å². The molecule has 1 aliphatic carbocycles. The fraction of sp³-hybridized carbons (Fsp3) is 0.414. The van der Waals surface area contributed by atoms with Gasteiger partial charge in [-0.2, -0.15) is 16.9 Å². The fourth-order valence-corrected chi connectivity index (χ4v) is 6.04. The number of ether oxygens (including phenoxy) is 2. The summed E-state index contributed by atoms with van der Waals surface area (Å²) < 4.78 is 11.6. The highest BCUT2D eigenvalue weighted by Gasteiger charge is 2.40. The number of fused-ring (bicyclic) bond motifs is 1. The number of amides is 2. The van der Waals surface area contributed by atoms with Crippen molar-refractivity contribution in [2.24, 2.45) is 16.9 Å². The molecule has 0 radical (unpaired) electrons. The number of thioether (sulfide) groups is 1. The Morgan fingerprint density at radius 2 is 1.62 bits per heavy atom. The summed E-state index contributed by atoms with van der Waals surface area (Å²) in [4.78, 5) is 28.4. The van der Waals surface area contributed by atoms with Gasteiger partial charge >= 0.3 is 0 Å². The van der Waals surface area contributed by atoms with Crippen LogP contribution in [-0.2, 0) is 4.79 Å². The Hall–Kier alpha value is -3.26. The molecule has 37 heavy (non-hydrogen) atoms. The summed E-state index contributed by atoms with van der Waals surface area (Å²) in [6.45, 7) is 6.51. The quantitative estimate of drug-likeness (QED) is 0.481. The van der Waals surface area contributed by atoms with Crippen molar-refractivity contribution in [1.82, 2.24) is 4.90 Å². The average Bonchev–Trinajstić information content (AvgIpc) is 2.95. The molecule has 194 valence electrons. The van der Waals surface area contributed by atoms with Gasteiger partial charge in [-0.15, -0.1) is 0 Å². The molecule has 7 nitrogen and oxygen atoms in total. The largest absolute Gasteiger partial charge is 0.490 e. The van der Waals surface area contributed by atoms with Crippen molar-refractivity contribution >= 4 is 35.0 Å². The van der Waals surface area contributed by atoms with Crippen molar-refractivity contribution in [3.63, 3.8) is 0 Å². The molecule has 2 aliphatic heterocycles. The number of hydrogen-bond donors (Lipinski definition) is 0. The van der Waals surface area contributed by atoms with Crippen molar-refractivity contribution in [3.8, 4) is 11.5 Å². The molecule has 2 heterocycles. The van der Waals surface area contributed by atoms with Gasteiger partial charge in [-0.05, 0) is 69.2 Å². The summed E-state index contributed by atoms with van der Waals surface area (Å²) >= 11 is 1.87. The van der Waals surface area contributed by atoms with E-state index in [2.05, 4.69) is 12.2 Å². The monoisotopic (exact) mass is 519 g/mol. The summed E-state index contributed by atoms with van der Waals surface area (Å²) in [6.07, 6.45) is 5.67. The predicted octanol–water partition coefficient (Wildman–Crippen LogP) is 5.01. The van der Waals surface area contributed by atoms with Crippen LogP contribution in [0.15, 0.2) is 59.7 Å². The number of allylic oxidation sites excluding steroid dienone is 2. The van der Waals surface area contributed by atoms with Crippen LogP contribution in [0.2, 0.25) is 0 Å². The third kappa shape index (κ3) is 5.25. The second kappa shape index (κ2) is 11.4. The zero-order chi connectivity index (χ0) is 25.8. The molecule has 2 aromatic carbocycles. The fourth-order valence-electron chi connectivity index (χ4n) is 5.14. The Balaban J connectivity index is 1.48. The molecule has 3 aliphatic rings. The van der Waals surface area contributed by atoms with Crippen molar-refractivity contribution in [2.75, 3.05) is 42.8 Å². The number of carbonyl (C=O) groups is 2.